The highest BCUT2D eigenvalue weighted by Crippen LogP contribution is 2.37. The van der Waals surface area contributed by atoms with Crippen LogP contribution in [0, 0.1) is 0 Å². The Morgan fingerprint density at radius 2 is 2.04 bits per heavy atom. The van der Waals surface area contributed by atoms with Crippen molar-refractivity contribution in [3.8, 4) is 10.4 Å². The monoisotopic (exact) mass is 327 g/mol. The van der Waals surface area contributed by atoms with E-state index in [0.29, 0.717) is 6.61 Å². The summed E-state index contributed by atoms with van der Waals surface area (Å²) in [6, 6.07) is 12.5. The van der Waals surface area contributed by atoms with Gasteiger partial charge < -0.3 is 14.7 Å². The zero-order valence-corrected chi connectivity index (χ0v) is 13.4. The van der Waals surface area contributed by atoms with Crippen molar-refractivity contribution < 1.29 is 9.84 Å². The summed E-state index contributed by atoms with van der Waals surface area (Å²) in [6.07, 6.45) is 1.81. The van der Waals surface area contributed by atoms with Gasteiger partial charge in [0, 0.05) is 18.0 Å². The van der Waals surface area contributed by atoms with Crippen molar-refractivity contribution in [2.75, 3.05) is 31.2 Å². The first-order valence-corrected chi connectivity index (χ1v) is 8.44. The van der Waals surface area contributed by atoms with Crippen LogP contribution in [0.2, 0.25) is 0 Å². The van der Waals surface area contributed by atoms with Crippen LogP contribution in [0.25, 0.3) is 20.7 Å². The fraction of sp³-hybridized carbons (Fsp3) is 0.294. The minimum Gasteiger partial charge on any atom is -0.394 e. The first-order valence-electron chi connectivity index (χ1n) is 7.62. The maximum atomic E-state index is 8.81. The van der Waals surface area contributed by atoms with Gasteiger partial charge in [0.05, 0.1) is 24.7 Å². The molecule has 1 N–H and O–H groups in total. The van der Waals surface area contributed by atoms with E-state index in [0.717, 1.165) is 29.1 Å². The fourth-order valence-electron chi connectivity index (χ4n) is 2.78. The van der Waals surface area contributed by atoms with E-state index in [1.165, 1.54) is 10.4 Å². The maximum Gasteiger partial charge on any atom is 0.140 e. The number of anilines is 1. The van der Waals surface area contributed by atoms with E-state index in [2.05, 4.69) is 33.1 Å². The van der Waals surface area contributed by atoms with Crippen LogP contribution in [0.1, 0.15) is 0 Å². The molecule has 1 aliphatic rings. The number of aromatic nitrogens is 2. The summed E-state index contributed by atoms with van der Waals surface area (Å²) in [5.41, 5.74) is 1.20. The van der Waals surface area contributed by atoms with E-state index >= 15 is 0 Å². The van der Waals surface area contributed by atoms with E-state index in [1.54, 1.807) is 17.7 Å². The van der Waals surface area contributed by atoms with Crippen LogP contribution in [0.15, 0.2) is 42.7 Å². The summed E-state index contributed by atoms with van der Waals surface area (Å²) >= 11 is 1.69. The second kappa shape index (κ2) is 6.23. The van der Waals surface area contributed by atoms with Gasteiger partial charge >= 0.3 is 0 Å². The largest absolute Gasteiger partial charge is 0.394 e. The van der Waals surface area contributed by atoms with E-state index in [9.17, 15) is 0 Å². The predicted octanol–water partition coefficient (Wildman–Crippen LogP) is 2.56. The highest BCUT2D eigenvalue weighted by Gasteiger charge is 2.30. The number of nitrogens with zero attached hydrogens (tertiary/aromatic N) is 3. The van der Waals surface area contributed by atoms with Crippen molar-refractivity contribution >= 4 is 27.4 Å². The number of fused-ring (bicyclic) bond motifs is 1. The molecule has 0 aliphatic carbocycles. The lowest BCUT2D eigenvalue weighted by atomic mass is 10.1. The lowest BCUT2D eigenvalue weighted by molar-refractivity contribution is 0.0134. The summed E-state index contributed by atoms with van der Waals surface area (Å²) in [4.78, 5) is 13.3. The number of hydrogen-bond acceptors (Lipinski definition) is 6. The van der Waals surface area contributed by atoms with Crippen molar-refractivity contribution in [1.82, 2.24) is 9.97 Å². The molecule has 0 radical (unpaired) electrons. The van der Waals surface area contributed by atoms with Crippen LogP contribution in [0.3, 0.4) is 0 Å². The molecule has 0 bridgehead atoms. The minimum absolute atomic E-state index is 0.0687. The predicted molar refractivity (Wildman–Crippen MR) is 91.9 cm³/mol. The second-order valence-corrected chi connectivity index (χ2v) is 6.54. The molecular formula is C17H17N3O2S. The molecule has 4 rings (SSSR count). The van der Waals surface area contributed by atoms with Gasteiger partial charge in [-0.1, -0.05) is 30.3 Å². The van der Waals surface area contributed by atoms with E-state index in [1.807, 2.05) is 18.2 Å². The van der Waals surface area contributed by atoms with Gasteiger partial charge in [0.25, 0.3) is 0 Å². The van der Waals surface area contributed by atoms with Crippen LogP contribution in [-0.2, 0) is 4.74 Å². The molecule has 1 aromatic carbocycles. The van der Waals surface area contributed by atoms with Crippen LogP contribution in [0.4, 0.5) is 5.82 Å². The third-order valence-corrected chi connectivity index (χ3v) is 5.05. The van der Waals surface area contributed by atoms with Gasteiger partial charge in [0.15, 0.2) is 0 Å². The Balaban J connectivity index is 1.60. The van der Waals surface area contributed by atoms with Gasteiger partial charge in [-0.3, -0.25) is 0 Å². The zero-order chi connectivity index (χ0) is 15.6. The average molecular weight is 327 g/mol. The zero-order valence-electron chi connectivity index (χ0n) is 12.6. The average Bonchev–Trinajstić information content (AvgIpc) is 2.99. The smallest absolute Gasteiger partial charge is 0.140 e. The van der Waals surface area contributed by atoms with Crippen LogP contribution in [0.5, 0.6) is 0 Å². The fourth-order valence-corrected chi connectivity index (χ4v) is 3.77. The van der Waals surface area contributed by atoms with Gasteiger partial charge in [-0.2, -0.15) is 0 Å². The molecule has 0 saturated carbocycles. The van der Waals surface area contributed by atoms with Crippen LogP contribution in [-0.4, -0.2) is 47.5 Å². The summed E-state index contributed by atoms with van der Waals surface area (Å²) in [7, 11) is 0. The molecule has 23 heavy (non-hydrogen) atoms. The lowest BCUT2D eigenvalue weighted by Crippen LogP contribution is -2.53. The molecule has 6 heteroatoms. The van der Waals surface area contributed by atoms with Crippen molar-refractivity contribution in [1.29, 1.82) is 0 Å². The summed E-state index contributed by atoms with van der Waals surface area (Å²) in [5.74, 6) is 0.970. The molecule has 3 heterocycles. The Kier molecular flexibility index (Phi) is 3.95. The Morgan fingerprint density at radius 3 is 2.83 bits per heavy atom. The van der Waals surface area contributed by atoms with E-state index in [4.69, 9.17) is 9.84 Å². The van der Waals surface area contributed by atoms with Crippen molar-refractivity contribution in [2.45, 2.75) is 6.10 Å². The summed E-state index contributed by atoms with van der Waals surface area (Å²) in [6.45, 7) is 2.08. The number of hydrogen-bond donors (Lipinski definition) is 1. The topological polar surface area (TPSA) is 58.5 Å². The number of rotatable bonds is 5. The first-order chi connectivity index (χ1) is 11.3. The number of benzene rings is 1. The first kappa shape index (κ1) is 14.6. The molecule has 0 spiro atoms. The van der Waals surface area contributed by atoms with Gasteiger partial charge in [-0.25, -0.2) is 9.97 Å². The van der Waals surface area contributed by atoms with E-state index in [-0.39, 0.29) is 12.7 Å². The SMILES string of the molecule is OCCOC1CN(c2ncnc3sc(-c4ccccc4)cc23)C1. The Morgan fingerprint density at radius 1 is 1.22 bits per heavy atom. The quantitative estimate of drug-likeness (QED) is 0.780. The number of aliphatic hydroxyl groups is 1. The maximum absolute atomic E-state index is 8.81. The second-order valence-electron chi connectivity index (χ2n) is 5.51. The summed E-state index contributed by atoms with van der Waals surface area (Å²) < 4.78 is 5.53. The molecule has 5 nitrogen and oxygen atoms in total. The Hall–Kier alpha value is -2.02. The van der Waals surface area contributed by atoms with Gasteiger partial charge in [-0.15, -0.1) is 11.3 Å². The van der Waals surface area contributed by atoms with Gasteiger partial charge in [0.1, 0.15) is 17.0 Å². The van der Waals surface area contributed by atoms with Gasteiger partial charge in [0.2, 0.25) is 0 Å². The number of ether oxygens (including phenoxy) is 1. The highest BCUT2D eigenvalue weighted by atomic mass is 32.1. The van der Waals surface area contributed by atoms with Crippen LogP contribution >= 0.6 is 11.3 Å². The van der Waals surface area contributed by atoms with E-state index < -0.39 is 0 Å². The highest BCUT2D eigenvalue weighted by molar-refractivity contribution is 7.21. The molecule has 0 atom stereocenters. The van der Waals surface area contributed by atoms with Crippen molar-refractivity contribution in [2.24, 2.45) is 0 Å². The minimum atomic E-state index is 0.0687. The molecule has 0 unspecified atom stereocenters. The normalized spacial score (nSPS) is 15.1. The standard InChI is InChI=1S/C17H17N3O2S/c21-6-7-22-13-9-20(10-13)16-14-8-15(12-4-2-1-3-5-12)23-17(14)19-11-18-16/h1-5,8,11,13,21H,6-7,9-10H2. The van der Waals surface area contributed by atoms with Crippen molar-refractivity contribution in [3.05, 3.63) is 42.7 Å². The Labute approximate surface area is 138 Å². The molecule has 118 valence electrons. The van der Waals surface area contributed by atoms with Gasteiger partial charge in [-0.05, 0) is 11.6 Å². The van der Waals surface area contributed by atoms with Crippen LogP contribution < -0.4 is 4.90 Å². The number of aliphatic hydroxyl groups excluding tert-OH is 1. The number of thiophene rings is 1. The Bertz CT molecular complexity index is 800. The molecule has 1 aliphatic heterocycles. The molecule has 1 fully saturated rings. The molecular weight excluding hydrogens is 310 g/mol. The third-order valence-electron chi connectivity index (χ3n) is 3.96. The van der Waals surface area contributed by atoms with Crippen molar-refractivity contribution in [3.63, 3.8) is 0 Å². The lowest BCUT2D eigenvalue weighted by Gasteiger charge is -2.39. The molecule has 2 aromatic heterocycles. The molecule has 1 saturated heterocycles. The third kappa shape index (κ3) is 2.81. The molecule has 3 aromatic rings. The summed E-state index contributed by atoms with van der Waals surface area (Å²) in [5, 5.41) is 9.91. The molecule has 0 amide bonds.